The molecular weight excluding hydrogens is 206 g/mol. The number of nitrogens with zero attached hydrogens (tertiary/aromatic N) is 2. The van der Waals surface area contributed by atoms with Crippen LogP contribution in [0.2, 0.25) is 0 Å². The molecule has 1 N–H and O–H groups in total. The second kappa shape index (κ2) is 4.47. The molecule has 1 aromatic rings. The van der Waals surface area contributed by atoms with Gasteiger partial charge in [0.25, 0.3) is 0 Å². The Balaban J connectivity index is 2.21. The lowest BCUT2D eigenvalue weighted by Crippen LogP contribution is -2.18. The maximum Gasteiger partial charge on any atom is 0.195 e. The van der Waals surface area contributed by atoms with E-state index in [9.17, 15) is 0 Å². The molecule has 0 bridgehead atoms. The van der Waals surface area contributed by atoms with E-state index in [4.69, 9.17) is 12.2 Å². The monoisotopic (exact) mass is 225 g/mol. The third-order valence-corrected chi connectivity index (χ3v) is 3.73. The molecule has 0 aromatic carbocycles. The van der Waals surface area contributed by atoms with E-state index in [1.165, 1.54) is 25.7 Å². The average Bonchev–Trinajstić information content (AvgIpc) is 2.61. The summed E-state index contributed by atoms with van der Waals surface area (Å²) in [6, 6.07) is 0.586. The number of hydrogen-bond donors (Lipinski definition) is 1. The highest BCUT2D eigenvalue weighted by atomic mass is 32.1. The summed E-state index contributed by atoms with van der Waals surface area (Å²) in [5.74, 6) is 1.99. The van der Waals surface area contributed by atoms with Crippen LogP contribution in [-0.2, 0) is 6.42 Å². The zero-order valence-corrected chi connectivity index (χ0v) is 10.3. The van der Waals surface area contributed by atoms with E-state index < -0.39 is 0 Å². The van der Waals surface area contributed by atoms with Crippen molar-refractivity contribution < 1.29 is 0 Å². The van der Waals surface area contributed by atoms with Gasteiger partial charge >= 0.3 is 0 Å². The van der Waals surface area contributed by atoms with Gasteiger partial charge in [0.1, 0.15) is 5.82 Å². The minimum absolute atomic E-state index is 0.586. The first-order valence-corrected chi connectivity index (χ1v) is 6.29. The molecule has 0 atom stereocenters. The maximum atomic E-state index is 5.29. The van der Waals surface area contributed by atoms with E-state index in [1.807, 2.05) is 0 Å². The second-order valence-electron chi connectivity index (χ2n) is 4.58. The molecule has 2 rings (SSSR count). The zero-order chi connectivity index (χ0) is 10.8. The Morgan fingerprint density at radius 3 is 2.67 bits per heavy atom. The maximum absolute atomic E-state index is 5.29. The molecule has 0 aliphatic heterocycles. The summed E-state index contributed by atoms with van der Waals surface area (Å²) in [6.07, 6.45) is 6.10. The Hall–Kier alpha value is -0.640. The lowest BCUT2D eigenvalue weighted by atomic mass is 9.87. The molecule has 15 heavy (non-hydrogen) atoms. The fraction of sp³-hybridized carbons (Fsp3) is 0.818. The summed E-state index contributed by atoms with van der Waals surface area (Å²) in [6.45, 7) is 4.47. The number of nitrogens with one attached hydrogen (secondary N) is 1. The average molecular weight is 225 g/mol. The Morgan fingerprint density at radius 1 is 1.40 bits per heavy atom. The molecule has 1 aromatic heterocycles. The predicted molar refractivity (Wildman–Crippen MR) is 63.5 cm³/mol. The zero-order valence-electron chi connectivity index (χ0n) is 9.49. The Labute approximate surface area is 95.9 Å². The highest BCUT2D eigenvalue weighted by Crippen LogP contribution is 2.32. The van der Waals surface area contributed by atoms with Crippen molar-refractivity contribution in [2.24, 2.45) is 5.92 Å². The third kappa shape index (κ3) is 2.14. The molecule has 4 heteroatoms. The summed E-state index contributed by atoms with van der Waals surface area (Å²) in [7, 11) is 0. The van der Waals surface area contributed by atoms with Crippen LogP contribution in [0.15, 0.2) is 0 Å². The molecule has 1 heterocycles. The van der Waals surface area contributed by atoms with Crippen LogP contribution in [0.5, 0.6) is 0 Å². The van der Waals surface area contributed by atoms with Gasteiger partial charge in [-0.2, -0.15) is 5.10 Å². The summed E-state index contributed by atoms with van der Waals surface area (Å²) < 4.78 is 3.03. The third-order valence-electron chi connectivity index (χ3n) is 3.44. The van der Waals surface area contributed by atoms with Crippen LogP contribution in [0.25, 0.3) is 0 Å². The number of hydrogen-bond acceptors (Lipinski definition) is 2. The SMILES string of the molecule is CCc1n[nH]c(=S)n1C1CCC(C)CC1. The Bertz CT molecular complexity index is 371. The van der Waals surface area contributed by atoms with Crippen LogP contribution >= 0.6 is 12.2 Å². The van der Waals surface area contributed by atoms with Crippen molar-refractivity contribution in [2.75, 3.05) is 0 Å². The van der Waals surface area contributed by atoms with Crippen molar-refractivity contribution in [1.29, 1.82) is 0 Å². The number of aromatic nitrogens is 3. The van der Waals surface area contributed by atoms with Gasteiger partial charge in [-0.25, -0.2) is 0 Å². The molecular formula is C11H19N3S. The van der Waals surface area contributed by atoms with Gasteiger partial charge in [0.05, 0.1) is 0 Å². The first kappa shape index (κ1) is 10.9. The highest BCUT2D eigenvalue weighted by molar-refractivity contribution is 7.71. The molecule has 1 fully saturated rings. The molecule has 84 valence electrons. The molecule has 3 nitrogen and oxygen atoms in total. The number of rotatable bonds is 2. The summed E-state index contributed by atoms with van der Waals surface area (Å²) in [5, 5.41) is 7.19. The van der Waals surface area contributed by atoms with Gasteiger partial charge in [-0.3, -0.25) is 5.10 Å². The minimum atomic E-state index is 0.586. The van der Waals surface area contributed by atoms with Crippen molar-refractivity contribution in [3.63, 3.8) is 0 Å². The van der Waals surface area contributed by atoms with E-state index in [0.29, 0.717) is 6.04 Å². The van der Waals surface area contributed by atoms with Crippen molar-refractivity contribution in [3.8, 4) is 0 Å². The Kier molecular flexibility index (Phi) is 3.24. The van der Waals surface area contributed by atoms with Gasteiger partial charge in [-0.05, 0) is 43.8 Å². The molecule has 0 spiro atoms. The topological polar surface area (TPSA) is 33.6 Å². The summed E-state index contributed by atoms with van der Waals surface area (Å²) >= 11 is 5.29. The Morgan fingerprint density at radius 2 is 2.07 bits per heavy atom. The van der Waals surface area contributed by atoms with Crippen molar-refractivity contribution in [2.45, 2.75) is 52.0 Å². The van der Waals surface area contributed by atoms with Gasteiger partial charge < -0.3 is 4.57 Å². The van der Waals surface area contributed by atoms with E-state index in [-0.39, 0.29) is 0 Å². The lowest BCUT2D eigenvalue weighted by molar-refractivity contribution is 0.283. The van der Waals surface area contributed by atoms with Gasteiger partial charge in [0.15, 0.2) is 4.77 Å². The molecule has 0 radical (unpaired) electrons. The normalized spacial score (nSPS) is 26.8. The van der Waals surface area contributed by atoms with Gasteiger partial charge in [0, 0.05) is 12.5 Å². The largest absolute Gasteiger partial charge is 0.301 e. The van der Waals surface area contributed by atoms with E-state index >= 15 is 0 Å². The van der Waals surface area contributed by atoms with Crippen LogP contribution < -0.4 is 0 Å². The minimum Gasteiger partial charge on any atom is -0.301 e. The van der Waals surface area contributed by atoms with Crippen LogP contribution in [0, 0.1) is 10.7 Å². The van der Waals surface area contributed by atoms with Crippen molar-refractivity contribution in [3.05, 3.63) is 10.6 Å². The van der Waals surface area contributed by atoms with Crippen LogP contribution in [0.3, 0.4) is 0 Å². The molecule has 0 unspecified atom stereocenters. The molecule has 1 aliphatic rings. The first-order valence-electron chi connectivity index (χ1n) is 5.88. The van der Waals surface area contributed by atoms with Crippen LogP contribution in [0.1, 0.15) is 51.4 Å². The van der Waals surface area contributed by atoms with Gasteiger partial charge in [-0.15, -0.1) is 0 Å². The van der Waals surface area contributed by atoms with Crippen molar-refractivity contribution in [1.82, 2.24) is 14.8 Å². The fourth-order valence-electron chi connectivity index (χ4n) is 2.46. The molecule has 0 amide bonds. The molecule has 1 saturated carbocycles. The predicted octanol–water partition coefficient (Wildman–Crippen LogP) is 3.25. The number of aromatic amines is 1. The van der Waals surface area contributed by atoms with Crippen molar-refractivity contribution >= 4 is 12.2 Å². The number of H-pyrrole nitrogens is 1. The van der Waals surface area contributed by atoms with E-state index in [0.717, 1.165) is 22.9 Å². The number of aryl methyl sites for hydroxylation is 1. The highest BCUT2D eigenvalue weighted by Gasteiger charge is 2.22. The summed E-state index contributed by atoms with van der Waals surface area (Å²) in [5.41, 5.74) is 0. The van der Waals surface area contributed by atoms with E-state index in [2.05, 4.69) is 28.6 Å². The lowest BCUT2D eigenvalue weighted by Gasteiger charge is -2.27. The fourth-order valence-corrected chi connectivity index (χ4v) is 2.76. The molecule has 0 saturated heterocycles. The first-order chi connectivity index (χ1) is 7.22. The van der Waals surface area contributed by atoms with E-state index in [1.54, 1.807) is 0 Å². The standard InChI is InChI=1S/C11H19N3S/c1-3-10-12-13-11(15)14(10)9-6-4-8(2)5-7-9/h8-9H,3-7H2,1-2H3,(H,13,15). The smallest absolute Gasteiger partial charge is 0.195 e. The quantitative estimate of drug-likeness (QED) is 0.784. The summed E-state index contributed by atoms with van der Waals surface area (Å²) in [4.78, 5) is 0. The van der Waals surface area contributed by atoms with Crippen LogP contribution in [-0.4, -0.2) is 14.8 Å². The van der Waals surface area contributed by atoms with Gasteiger partial charge in [0.2, 0.25) is 0 Å². The second-order valence-corrected chi connectivity index (χ2v) is 4.97. The molecule has 1 aliphatic carbocycles. The van der Waals surface area contributed by atoms with Gasteiger partial charge in [-0.1, -0.05) is 13.8 Å². The van der Waals surface area contributed by atoms with Crippen LogP contribution in [0.4, 0.5) is 0 Å².